The molecule has 1 unspecified atom stereocenters. The van der Waals surface area contributed by atoms with Gasteiger partial charge in [-0.05, 0) is 31.2 Å². The van der Waals surface area contributed by atoms with Crippen molar-refractivity contribution in [1.82, 2.24) is 10.2 Å². The van der Waals surface area contributed by atoms with Gasteiger partial charge >= 0.3 is 0 Å². The molecule has 0 aromatic heterocycles. The van der Waals surface area contributed by atoms with Crippen LogP contribution in [0.15, 0.2) is 24.3 Å². The fraction of sp³-hybridized carbons (Fsp3) is 0.562. The molecule has 1 amide bonds. The highest BCUT2D eigenvalue weighted by Gasteiger charge is 2.15. The number of methoxy groups -OCH3 is 1. The molecule has 6 heteroatoms. The molecular formula is C16H24N2O4. The van der Waals surface area contributed by atoms with Crippen molar-refractivity contribution in [2.24, 2.45) is 0 Å². The number of nitrogens with zero attached hydrogens (tertiary/aromatic N) is 1. The topological polar surface area (TPSA) is 60.0 Å². The number of carbonyl (C=O) groups is 1. The molecule has 1 fully saturated rings. The van der Waals surface area contributed by atoms with Crippen molar-refractivity contribution < 1.29 is 19.0 Å². The van der Waals surface area contributed by atoms with Crippen LogP contribution in [0.25, 0.3) is 0 Å². The monoisotopic (exact) mass is 308 g/mol. The molecule has 0 bridgehead atoms. The lowest BCUT2D eigenvalue weighted by Crippen LogP contribution is -2.43. The first-order chi connectivity index (χ1) is 10.7. The molecule has 22 heavy (non-hydrogen) atoms. The third-order valence-corrected chi connectivity index (χ3v) is 3.57. The molecule has 1 heterocycles. The Morgan fingerprint density at radius 3 is 2.55 bits per heavy atom. The van der Waals surface area contributed by atoms with Gasteiger partial charge in [0.25, 0.3) is 5.91 Å². The van der Waals surface area contributed by atoms with Crippen LogP contribution in [0.4, 0.5) is 0 Å². The molecule has 1 aromatic rings. The molecule has 6 nitrogen and oxygen atoms in total. The van der Waals surface area contributed by atoms with Crippen molar-refractivity contribution in [3.8, 4) is 11.5 Å². The van der Waals surface area contributed by atoms with E-state index in [4.69, 9.17) is 14.2 Å². The zero-order valence-electron chi connectivity index (χ0n) is 13.2. The number of rotatable bonds is 7. The third kappa shape index (κ3) is 5.20. The minimum atomic E-state index is -0.530. The van der Waals surface area contributed by atoms with E-state index in [2.05, 4.69) is 10.2 Å². The fourth-order valence-electron chi connectivity index (χ4n) is 2.22. The maximum absolute atomic E-state index is 12.0. The molecule has 0 saturated carbocycles. The predicted molar refractivity (Wildman–Crippen MR) is 83.4 cm³/mol. The summed E-state index contributed by atoms with van der Waals surface area (Å²) in [5, 5.41) is 2.90. The van der Waals surface area contributed by atoms with Gasteiger partial charge in [-0.1, -0.05) is 0 Å². The van der Waals surface area contributed by atoms with E-state index in [1.165, 1.54) is 0 Å². The SMILES string of the molecule is COc1ccc(OC(C)C(=O)NCCN2CCOCC2)cc1. The minimum Gasteiger partial charge on any atom is -0.497 e. The van der Waals surface area contributed by atoms with Gasteiger partial charge in [0.05, 0.1) is 20.3 Å². The number of carbonyl (C=O) groups excluding carboxylic acids is 1. The van der Waals surface area contributed by atoms with E-state index in [1.54, 1.807) is 38.3 Å². The lowest BCUT2D eigenvalue weighted by molar-refractivity contribution is -0.127. The van der Waals surface area contributed by atoms with Gasteiger partial charge in [0.15, 0.2) is 6.10 Å². The molecule has 0 radical (unpaired) electrons. The molecule has 122 valence electrons. The first kappa shape index (κ1) is 16.6. The van der Waals surface area contributed by atoms with Crippen LogP contribution in [0.2, 0.25) is 0 Å². The molecule has 1 aromatic carbocycles. The van der Waals surface area contributed by atoms with Crippen molar-refractivity contribution in [1.29, 1.82) is 0 Å². The van der Waals surface area contributed by atoms with Crippen LogP contribution in [0, 0.1) is 0 Å². The molecular weight excluding hydrogens is 284 g/mol. The second-order valence-corrected chi connectivity index (χ2v) is 5.18. The summed E-state index contributed by atoms with van der Waals surface area (Å²) in [7, 11) is 1.61. The summed E-state index contributed by atoms with van der Waals surface area (Å²) in [6, 6.07) is 7.18. The Morgan fingerprint density at radius 1 is 1.27 bits per heavy atom. The van der Waals surface area contributed by atoms with E-state index in [-0.39, 0.29) is 5.91 Å². The van der Waals surface area contributed by atoms with Gasteiger partial charge in [-0.15, -0.1) is 0 Å². The Balaban J connectivity index is 1.69. The number of benzene rings is 1. The maximum Gasteiger partial charge on any atom is 0.260 e. The number of hydrogen-bond acceptors (Lipinski definition) is 5. The minimum absolute atomic E-state index is 0.107. The number of amides is 1. The molecule has 1 N–H and O–H groups in total. The summed E-state index contributed by atoms with van der Waals surface area (Å²) in [6.07, 6.45) is -0.530. The molecule has 0 aliphatic carbocycles. The highest BCUT2D eigenvalue weighted by molar-refractivity contribution is 5.80. The average Bonchev–Trinajstić information content (AvgIpc) is 2.56. The molecule has 1 atom stereocenters. The first-order valence-electron chi connectivity index (χ1n) is 7.57. The largest absolute Gasteiger partial charge is 0.497 e. The standard InChI is InChI=1S/C16H24N2O4/c1-13(22-15-5-3-14(20-2)4-6-15)16(19)17-7-8-18-9-11-21-12-10-18/h3-6,13H,7-12H2,1-2H3,(H,17,19). The number of ether oxygens (including phenoxy) is 3. The molecule has 1 aliphatic rings. The van der Waals surface area contributed by atoms with Gasteiger partial charge in [-0.3, -0.25) is 9.69 Å². The zero-order chi connectivity index (χ0) is 15.8. The third-order valence-electron chi connectivity index (χ3n) is 3.57. The van der Waals surface area contributed by atoms with Gasteiger partial charge in [0, 0.05) is 26.2 Å². The molecule has 0 spiro atoms. The van der Waals surface area contributed by atoms with Crippen molar-refractivity contribution in [2.45, 2.75) is 13.0 Å². The van der Waals surface area contributed by atoms with E-state index in [0.717, 1.165) is 38.6 Å². The van der Waals surface area contributed by atoms with Crippen LogP contribution >= 0.6 is 0 Å². The fourth-order valence-corrected chi connectivity index (χ4v) is 2.22. The van der Waals surface area contributed by atoms with Crippen LogP contribution in [-0.4, -0.2) is 63.4 Å². The Labute approximate surface area is 131 Å². The van der Waals surface area contributed by atoms with Gasteiger partial charge in [-0.2, -0.15) is 0 Å². The highest BCUT2D eigenvalue weighted by atomic mass is 16.5. The quantitative estimate of drug-likeness (QED) is 0.811. The number of hydrogen-bond donors (Lipinski definition) is 1. The molecule has 1 saturated heterocycles. The van der Waals surface area contributed by atoms with Crippen molar-refractivity contribution in [3.63, 3.8) is 0 Å². The predicted octanol–water partition coefficient (Wildman–Crippen LogP) is 0.911. The first-order valence-corrected chi connectivity index (χ1v) is 7.57. The smallest absolute Gasteiger partial charge is 0.260 e. The van der Waals surface area contributed by atoms with Crippen LogP contribution in [0.1, 0.15) is 6.92 Å². The summed E-state index contributed by atoms with van der Waals surface area (Å²) in [6.45, 7) is 6.59. The van der Waals surface area contributed by atoms with Crippen LogP contribution < -0.4 is 14.8 Å². The van der Waals surface area contributed by atoms with Crippen LogP contribution in [-0.2, 0) is 9.53 Å². The van der Waals surface area contributed by atoms with Crippen LogP contribution in [0.3, 0.4) is 0 Å². The molecule has 1 aliphatic heterocycles. The molecule has 2 rings (SSSR count). The van der Waals surface area contributed by atoms with E-state index < -0.39 is 6.10 Å². The van der Waals surface area contributed by atoms with Gasteiger partial charge in [0.2, 0.25) is 0 Å². The summed E-state index contributed by atoms with van der Waals surface area (Å²) < 4.78 is 16.0. The van der Waals surface area contributed by atoms with Gasteiger partial charge < -0.3 is 19.5 Å². The summed E-state index contributed by atoms with van der Waals surface area (Å²) in [4.78, 5) is 14.3. The van der Waals surface area contributed by atoms with Crippen molar-refractivity contribution >= 4 is 5.91 Å². The van der Waals surface area contributed by atoms with Crippen molar-refractivity contribution in [2.75, 3.05) is 46.5 Å². The van der Waals surface area contributed by atoms with E-state index >= 15 is 0 Å². The maximum atomic E-state index is 12.0. The Morgan fingerprint density at radius 2 is 1.91 bits per heavy atom. The number of morpholine rings is 1. The Bertz CT molecular complexity index is 458. The van der Waals surface area contributed by atoms with E-state index in [1.807, 2.05) is 0 Å². The normalized spacial score (nSPS) is 16.8. The summed E-state index contributed by atoms with van der Waals surface area (Å²) >= 11 is 0. The van der Waals surface area contributed by atoms with Crippen molar-refractivity contribution in [3.05, 3.63) is 24.3 Å². The van der Waals surface area contributed by atoms with Gasteiger partial charge in [-0.25, -0.2) is 0 Å². The lowest BCUT2D eigenvalue weighted by Gasteiger charge is -2.26. The van der Waals surface area contributed by atoms with Crippen LogP contribution in [0.5, 0.6) is 11.5 Å². The van der Waals surface area contributed by atoms with E-state index in [0.29, 0.717) is 12.3 Å². The zero-order valence-corrected chi connectivity index (χ0v) is 13.2. The Hall–Kier alpha value is -1.79. The average molecular weight is 308 g/mol. The highest BCUT2D eigenvalue weighted by Crippen LogP contribution is 2.18. The second-order valence-electron chi connectivity index (χ2n) is 5.18. The second kappa shape index (κ2) is 8.60. The summed E-state index contributed by atoms with van der Waals surface area (Å²) in [5.74, 6) is 1.30. The van der Waals surface area contributed by atoms with E-state index in [9.17, 15) is 4.79 Å². The lowest BCUT2D eigenvalue weighted by atomic mass is 10.3. The Kier molecular flexibility index (Phi) is 6.48. The number of nitrogens with one attached hydrogen (secondary N) is 1. The summed E-state index contributed by atoms with van der Waals surface area (Å²) in [5.41, 5.74) is 0. The van der Waals surface area contributed by atoms with Gasteiger partial charge in [0.1, 0.15) is 11.5 Å².